The summed E-state index contributed by atoms with van der Waals surface area (Å²) in [6.45, 7) is 8.14. The lowest BCUT2D eigenvalue weighted by Gasteiger charge is -2.19. The van der Waals surface area contributed by atoms with Crippen molar-refractivity contribution in [3.8, 4) is 11.1 Å². The van der Waals surface area contributed by atoms with Crippen molar-refractivity contribution in [3.63, 3.8) is 0 Å². The number of hydrogen-bond donors (Lipinski definition) is 0. The molecule has 0 amide bonds. The van der Waals surface area contributed by atoms with Gasteiger partial charge in [0.15, 0.2) is 0 Å². The maximum atomic E-state index is 12.7. The van der Waals surface area contributed by atoms with Crippen molar-refractivity contribution in [3.05, 3.63) is 53.2 Å². The molecule has 0 aliphatic heterocycles. The average Bonchev–Trinajstić information content (AvgIpc) is 3.01. The van der Waals surface area contributed by atoms with Crippen LogP contribution in [-0.4, -0.2) is 13.2 Å². The van der Waals surface area contributed by atoms with Gasteiger partial charge in [-0.1, -0.05) is 30.8 Å². The number of benzene rings is 1. The summed E-state index contributed by atoms with van der Waals surface area (Å²) < 4.78 is 23.3. The van der Waals surface area contributed by atoms with E-state index in [1.54, 1.807) is 25.2 Å². The van der Waals surface area contributed by atoms with Crippen molar-refractivity contribution >= 4 is 24.2 Å². The number of thiophene rings is 1. The lowest BCUT2D eigenvalue weighted by molar-refractivity contribution is 0.230. The summed E-state index contributed by atoms with van der Waals surface area (Å²) in [4.78, 5) is 0. The predicted molar refractivity (Wildman–Crippen MR) is 89.6 cm³/mol. The molecule has 0 saturated heterocycles. The summed E-state index contributed by atoms with van der Waals surface area (Å²) >= 11 is 1.66. The molecule has 0 fully saturated rings. The average molecular weight is 322 g/mol. The normalized spacial score (nSPS) is 11.5. The Morgan fingerprint density at radius 1 is 1.10 bits per heavy atom. The van der Waals surface area contributed by atoms with Crippen molar-refractivity contribution in [2.75, 3.05) is 13.2 Å². The second-order valence-corrected chi connectivity index (χ2v) is 7.20. The van der Waals surface area contributed by atoms with Gasteiger partial charge in [0.2, 0.25) is 0 Å². The Morgan fingerprint density at radius 2 is 1.71 bits per heavy atom. The fourth-order valence-corrected chi connectivity index (χ4v) is 4.17. The molecule has 2 rings (SSSR count). The smallest absolute Gasteiger partial charge is 0.305 e. The maximum absolute atomic E-state index is 12.7. The first-order valence-corrected chi connectivity index (χ1v) is 9.31. The predicted octanol–water partition coefficient (Wildman–Crippen LogP) is 5.65. The molecule has 1 heterocycles. The molecule has 0 unspecified atom stereocenters. The highest BCUT2D eigenvalue weighted by Gasteiger charge is 2.28. The number of rotatable bonds is 7. The largest absolute Gasteiger partial charge is 0.361 e. The molecule has 0 N–H and O–H groups in total. The quantitative estimate of drug-likeness (QED) is 0.618. The summed E-state index contributed by atoms with van der Waals surface area (Å²) in [6.07, 6.45) is 0. The van der Waals surface area contributed by atoms with Crippen molar-refractivity contribution in [2.45, 2.75) is 13.8 Å². The van der Waals surface area contributed by atoms with Crippen LogP contribution in [0, 0.1) is 0 Å². The molecule has 0 atom stereocenters. The van der Waals surface area contributed by atoms with E-state index in [1.165, 1.54) is 5.56 Å². The summed E-state index contributed by atoms with van der Waals surface area (Å²) in [6, 6.07) is 9.86. The first kappa shape index (κ1) is 16.2. The van der Waals surface area contributed by atoms with Crippen molar-refractivity contribution in [1.29, 1.82) is 0 Å². The van der Waals surface area contributed by atoms with Crippen LogP contribution in [0.15, 0.2) is 47.7 Å². The molecule has 0 bridgehead atoms. The van der Waals surface area contributed by atoms with Gasteiger partial charge in [0.1, 0.15) is 0 Å². The zero-order valence-corrected chi connectivity index (χ0v) is 14.0. The van der Waals surface area contributed by atoms with Gasteiger partial charge < -0.3 is 9.05 Å². The number of hydrogen-bond acceptors (Lipinski definition) is 4. The third kappa shape index (κ3) is 3.72. The lowest BCUT2D eigenvalue weighted by atomic mass is 10.1. The van der Waals surface area contributed by atoms with Crippen LogP contribution < -0.4 is 0 Å². The summed E-state index contributed by atoms with van der Waals surface area (Å²) in [5, 5.41) is 4.54. The van der Waals surface area contributed by atoms with Crippen molar-refractivity contribution in [1.82, 2.24) is 0 Å². The molecule has 0 radical (unpaired) electrons. The van der Waals surface area contributed by atoms with E-state index in [4.69, 9.17) is 9.05 Å². The molecular weight excluding hydrogens is 303 g/mol. The summed E-state index contributed by atoms with van der Waals surface area (Å²) in [7, 11) is -3.30. The maximum Gasteiger partial charge on any atom is 0.361 e. The monoisotopic (exact) mass is 322 g/mol. The van der Waals surface area contributed by atoms with Crippen LogP contribution in [-0.2, 0) is 13.6 Å². The Labute approximate surface area is 129 Å². The van der Waals surface area contributed by atoms with E-state index in [-0.39, 0.29) is 0 Å². The van der Waals surface area contributed by atoms with Gasteiger partial charge in [0.05, 0.1) is 18.5 Å². The summed E-state index contributed by atoms with van der Waals surface area (Å²) in [5.41, 5.74) is 3.07. The standard InChI is InChI=1S/C16H19O3PS/c1-4-18-20(17,19-5-2)13(3)14-6-8-15(9-7-14)16-10-11-21-12-16/h6-12H,3-5H2,1-2H3. The van der Waals surface area contributed by atoms with Crippen LogP contribution in [0.2, 0.25) is 0 Å². The van der Waals surface area contributed by atoms with Gasteiger partial charge in [-0.15, -0.1) is 0 Å². The van der Waals surface area contributed by atoms with Gasteiger partial charge in [-0.2, -0.15) is 11.3 Å². The SMILES string of the molecule is C=C(c1ccc(-c2ccsc2)cc1)P(=O)(OCC)OCC. The van der Waals surface area contributed by atoms with Gasteiger partial charge in [0.25, 0.3) is 0 Å². The van der Waals surface area contributed by atoms with Crippen LogP contribution in [0.25, 0.3) is 16.4 Å². The lowest BCUT2D eigenvalue weighted by Crippen LogP contribution is -1.97. The topological polar surface area (TPSA) is 35.5 Å². The molecule has 1 aromatic carbocycles. The van der Waals surface area contributed by atoms with Gasteiger partial charge >= 0.3 is 7.60 Å². The second kappa shape index (κ2) is 7.19. The van der Waals surface area contributed by atoms with Crippen molar-refractivity contribution in [2.24, 2.45) is 0 Å². The Kier molecular flexibility index (Phi) is 5.54. The van der Waals surface area contributed by atoms with E-state index in [9.17, 15) is 4.57 Å². The van der Waals surface area contributed by atoms with Crippen LogP contribution in [0.5, 0.6) is 0 Å². The molecule has 0 aliphatic carbocycles. The van der Waals surface area contributed by atoms with E-state index in [0.717, 1.165) is 11.1 Å². The minimum atomic E-state index is -3.30. The minimum Gasteiger partial charge on any atom is -0.305 e. The molecule has 112 valence electrons. The zero-order chi connectivity index (χ0) is 15.3. The zero-order valence-electron chi connectivity index (χ0n) is 12.2. The van der Waals surface area contributed by atoms with E-state index in [2.05, 4.69) is 18.0 Å². The molecule has 3 nitrogen and oxygen atoms in total. The third-order valence-electron chi connectivity index (χ3n) is 3.00. The molecule has 5 heteroatoms. The van der Waals surface area contributed by atoms with Crippen LogP contribution in [0.3, 0.4) is 0 Å². The Hall–Kier alpha value is -1.19. The Bertz CT molecular complexity index is 622. The van der Waals surface area contributed by atoms with Gasteiger partial charge in [0, 0.05) is 0 Å². The van der Waals surface area contributed by atoms with E-state index >= 15 is 0 Å². The molecule has 0 aliphatic rings. The van der Waals surface area contributed by atoms with Crippen LogP contribution in [0.1, 0.15) is 19.4 Å². The highest BCUT2D eigenvalue weighted by molar-refractivity contribution is 7.65. The van der Waals surface area contributed by atoms with E-state index in [0.29, 0.717) is 18.5 Å². The van der Waals surface area contributed by atoms with Crippen molar-refractivity contribution < 1.29 is 13.6 Å². The van der Waals surface area contributed by atoms with Gasteiger partial charge in [-0.05, 0) is 47.4 Å². The molecule has 0 saturated carbocycles. The highest BCUT2D eigenvalue weighted by Crippen LogP contribution is 2.59. The molecule has 2 aromatic rings. The molecule has 0 spiro atoms. The second-order valence-electron chi connectivity index (χ2n) is 4.37. The summed E-state index contributed by atoms with van der Waals surface area (Å²) in [5.74, 6) is 0. The fraction of sp³-hybridized carbons (Fsp3) is 0.250. The molecule has 21 heavy (non-hydrogen) atoms. The van der Waals surface area contributed by atoms with Crippen LogP contribution in [0.4, 0.5) is 0 Å². The molecular formula is C16H19O3PS. The first-order valence-electron chi connectivity index (χ1n) is 6.82. The highest BCUT2D eigenvalue weighted by atomic mass is 32.1. The first-order chi connectivity index (χ1) is 10.1. The van der Waals surface area contributed by atoms with Gasteiger partial charge in [-0.25, -0.2) is 0 Å². The molecule has 1 aromatic heterocycles. The minimum absolute atomic E-state index is 0.323. The van der Waals surface area contributed by atoms with Crippen LogP contribution >= 0.6 is 18.9 Å². The Morgan fingerprint density at radius 3 is 2.19 bits per heavy atom. The van der Waals surface area contributed by atoms with Gasteiger partial charge in [-0.3, -0.25) is 4.57 Å². The fourth-order valence-electron chi connectivity index (χ4n) is 1.97. The Balaban J connectivity index is 2.25. The van der Waals surface area contributed by atoms with E-state index in [1.807, 2.05) is 29.6 Å². The third-order valence-corrected chi connectivity index (χ3v) is 5.80. The van der Waals surface area contributed by atoms with E-state index < -0.39 is 7.60 Å².